The molecule has 57 heavy (non-hydrogen) atoms. The van der Waals surface area contributed by atoms with Crippen molar-refractivity contribution in [3.05, 3.63) is 229 Å². The van der Waals surface area contributed by atoms with Gasteiger partial charge in [0.25, 0.3) is 0 Å². The van der Waals surface area contributed by atoms with Crippen molar-refractivity contribution < 1.29 is 4.74 Å². The molecule has 0 spiro atoms. The lowest BCUT2D eigenvalue weighted by molar-refractivity contribution is 0.482. The number of aryl methyl sites for hydroxylation is 4. The summed E-state index contributed by atoms with van der Waals surface area (Å²) in [6, 6.07) is 72.4. The van der Waals surface area contributed by atoms with Gasteiger partial charge >= 0.3 is 0 Å². The fourth-order valence-corrected chi connectivity index (χ4v) is 6.80. The molecule has 0 atom stereocenters. The van der Waals surface area contributed by atoms with Crippen molar-refractivity contribution in [2.45, 2.75) is 40.5 Å². The topological polar surface area (TPSA) is 15.7 Å². The van der Waals surface area contributed by atoms with E-state index in [1.54, 1.807) is 0 Å². The van der Waals surface area contributed by atoms with Gasteiger partial charge in [0.05, 0.1) is 0 Å². The smallest absolute Gasteiger partial charge is 0.127 e. The Labute approximate surface area is 339 Å². The van der Waals surface area contributed by atoms with Crippen LogP contribution in [0.3, 0.4) is 0 Å². The lowest BCUT2D eigenvalue weighted by Gasteiger charge is -2.26. The number of nitrogens with zero attached hydrogens (tertiary/aromatic N) is 2. The zero-order chi connectivity index (χ0) is 39.4. The summed E-state index contributed by atoms with van der Waals surface area (Å²) in [5.74, 6) is 1.63. The second-order valence-corrected chi connectivity index (χ2v) is 14.4. The molecule has 8 rings (SSSR count). The summed E-state index contributed by atoms with van der Waals surface area (Å²) in [4.78, 5) is 4.56. The maximum atomic E-state index is 6.10. The van der Waals surface area contributed by atoms with Gasteiger partial charge in [0.15, 0.2) is 0 Å². The third-order valence-electron chi connectivity index (χ3n) is 9.92. The van der Waals surface area contributed by atoms with Gasteiger partial charge in [-0.15, -0.1) is 0 Å². The van der Waals surface area contributed by atoms with Crippen LogP contribution in [0.15, 0.2) is 206 Å². The molecule has 0 aromatic heterocycles. The number of rotatable bonds is 11. The summed E-state index contributed by atoms with van der Waals surface area (Å²) in [6.45, 7) is 8.52. The Morgan fingerprint density at radius 1 is 0.333 bits per heavy atom. The predicted molar refractivity (Wildman–Crippen MR) is 242 cm³/mol. The van der Waals surface area contributed by atoms with E-state index in [1.165, 1.54) is 40.7 Å². The van der Waals surface area contributed by atoms with E-state index in [0.29, 0.717) is 0 Å². The average Bonchev–Trinajstić information content (AvgIpc) is 3.26. The molecule has 0 N–H and O–H groups in total. The first-order valence-corrected chi connectivity index (χ1v) is 19.8. The number of anilines is 6. The van der Waals surface area contributed by atoms with Crippen LogP contribution in [0.5, 0.6) is 11.5 Å². The van der Waals surface area contributed by atoms with Crippen molar-refractivity contribution in [1.82, 2.24) is 0 Å². The molecular formula is C54H50N2O. The highest BCUT2D eigenvalue weighted by molar-refractivity contribution is 5.80. The van der Waals surface area contributed by atoms with Crippen molar-refractivity contribution in [2.24, 2.45) is 0 Å². The van der Waals surface area contributed by atoms with E-state index < -0.39 is 0 Å². The van der Waals surface area contributed by atoms with Crippen molar-refractivity contribution in [2.75, 3.05) is 9.80 Å². The van der Waals surface area contributed by atoms with Crippen molar-refractivity contribution >= 4 is 34.1 Å². The Kier molecular flexibility index (Phi) is 12.6. The van der Waals surface area contributed by atoms with Gasteiger partial charge in [-0.25, -0.2) is 0 Å². The fourth-order valence-electron chi connectivity index (χ4n) is 6.80. The van der Waals surface area contributed by atoms with E-state index in [-0.39, 0.29) is 0 Å². The fraction of sp³-hybridized carbons (Fsp3) is 0.111. The van der Waals surface area contributed by atoms with Gasteiger partial charge in [-0.2, -0.15) is 0 Å². The molecule has 0 saturated heterocycles. The quantitative estimate of drug-likeness (QED) is 0.131. The summed E-state index contributed by atoms with van der Waals surface area (Å²) < 4.78 is 6.10. The minimum Gasteiger partial charge on any atom is -0.457 e. The van der Waals surface area contributed by atoms with Crippen LogP contribution in [-0.2, 0) is 6.42 Å². The number of ether oxygens (including phenoxy) is 1. The number of benzene rings is 8. The highest BCUT2D eigenvalue weighted by atomic mass is 16.5. The SMILES string of the molecule is CCCc1ccc(C)cc1.Cc1ccc(Oc2ccc(N(c3ccccc3)c3ccc(-c4ccc(N(c5ccccc5)c5ccc(C)cc5)cc4)cc3)cc2)cc1. The minimum atomic E-state index is 0.803. The van der Waals surface area contributed by atoms with Gasteiger partial charge in [-0.05, 0) is 141 Å². The zero-order valence-electron chi connectivity index (χ0n) is 33.3. The molecule has 0 amide bonds. The van der Waals surface area contributed by atoms with Gasteiger partial charge in [0, 0.05) is 34.1 Å². The third-order valence-corrected chi connectivity index (χ3v) is 9.92. The van der Waals surface area contributed by atoms with Crippen LogP contribution in [0, 0.1) is 20.8 Å². The molecule has 8 aromatic rings. The van der Waals surface area contributed by atoms with Crippen LogP contribution in [0.1, 0.15) is 35.6 Å². The van der Waals surface area contributed by atoms with E-state index in [2.05, 4.69) is 213 Å². The van der Waals surface area contributed by atoms with E-state index in [9.17, 15) is 0 Å². The third kappa shape index (κ3) is 10.1. The van der Waals surface area contributed by atoms with Gasteiger partial charge in [-0.3, -0.25) is 0 Å². The molecule has 0 bridgehead atoms. The molecule has 0 aliphatic rings. The Morgan fingerprint density at radius 3 is 1.02 bits per heavy atom. The lowest BCUT2D eigenvalue weighted by atomic mass is 10.0. The summed E-state index contributed by atoms with van der Waals surface area (Å²) in [7, 11) is 0. The van der Waals surface area contributed by atoms with Crippen LogP contribution in [0.2, 0.25) is 0 Å². The lowest BCUT2D eigenvalue weighted by Crippen LogP contribution is -2.10. The van der Waals surface area contributed by atoms with E-state index >= 15 is 0 Å². The molecule has 0 aliphatic heterocycles. The molecule has 3 nitrogen and oxygen atoms in total. The molecule has 282 valence electrons. The van der Waals surface area contributed by atoms with Crippen LogP contribution in [-0.4, -0.2) is 0 Å². The molecule has 0 fully saturated rings. The summed E-state index contributed by atoms with van der Waals surface area (Å²) in [6.07, 6.45) is 2.45. The Balaban J connectivity index is 0.000000434. The average molecular weight is 743 g/mol. The maximum absolute atomic E-state index is 6.10. The van der Waals surface area contributed by atoms with E-state index in [0.717, 1.165) is 51.2 Å². The van der Waals surface area contributed by atoms with Crippen molar-refractivity contribution in [1.29, 1.82) is 0 Å². The highest BCUT2D eigenvalue weighted by Crippen LogP contribution is 2.38. The van der Waals surface area contributed by atoms with E-state index in [4.69, 9.17) is 4.74 Å². The first-order valence-electron chi connectivity index (χ1n) is 19.8. The maximum Gasteiger partial charge on any atom is 0.127 e. The summed E-state index contributed by atoms with van der Waals surface area (Å²) in [5.41, 5.74) is 14.2. The van der Waals surface area contributed by atoms with E-state index in [1.807, 2.05) is 30.3 Å². The molecular weight excluding hydrogens is 693 g/mol. The second-order valence-electron chi connectivity index (χ2n) is 14.4. The monoisotopic (exact) mass is 742 g/mol. The standard InChI is InChI=1S/C44H36N2O.C10H14/c1-33-13-21-39(22-14-33)45(37-9-5-3-6-10-37)40-23-17-35(18-24-40)36-19-25-41(26-20-36)46(38-11-7-4-8-12-38)42-27-31-44(32-28-42)47-43-29-15-34(2)16-30-43;1-3-4-10-7-5-9(2)6-8-10/h3-32H,1-2H3;5-8H,3-4H2,1-2H3. The molecule has 0 unspecified atom stereocenters. The molecule has 0 heterocycles. The zero-order valence-corrected chi connectivity index (χ0v) is 33.3. The Morgan fingerprint density at radius 2 is 0.632 bits per heavy atom. The molecule has 0 radical (unpaired) electrons. The van der Waals surface area contributed by atoms with Gasteiger partial charge in [-0.1, -0.05) is 139 Å². The number of para-hydroxylation sites is 2. The molecule has 0 aliphatic carbocycles. The van der Waals surface area contributed by atoms with Crippen LogP contribution in [0.4, 0.5) is 34.1 Å². The Bertz CT molecular complexity index is 2410. The normalized spacial score (nSPS) is 10.6. The van der Waals surface area contributed by atoms with Gasteiger partial charge in [0.2, 0.25) is 0 Å². The summed E-state index contributed by atoms with van der Waals surface area (Å²) in [5, 5.41) is 0. The van der Waals surface area contributed by atoms with Crippen LogP contribution in [0.25, 0.3) is 11.1 Å². The molecule has 8 aromatic carbocycles. The van der Waals surface area contributed by atoms with Crippen molar-refractivity contribution in [3.63, 3.8) is 0 Å². The molecule has 3 heteroatoms. The number of hydrogen-bond donors (Lipinski definition) is 0. The molecule has 0 saturated carbocycles. The largest absolute Gasteiger partial charge is 0.457 e. The highest BCUT2D eigenvalue weighted by Gasteiger charge is 2.15. The number of hydrogen-bond acceptors (Lipinski definition) is 3. The summed E-state index contributed by atoms with van der Waals surface area (Å²) >= 11 is 0. The van der Waals surface area contributed by atoms with Gasteiger partial charge in [0.1, 0.15) is 11.5 Å². The Hall–Kier alpha value is -6.84. The first-order chi connectivity index (χ1) is 27.9. The van der Waals surface area contributed by atoms with Crippen molar-refractivity contribution in [3.8, 4) is 22.6 Å². The predicted octanol–water partition coefficient (Wildman–Crippen LogP) is 15.6. The van der Waals surface area contributed by atoms with Gasteiger partial charge < -0.3 is 14.5 Å². The van der Waals surface area contributed by atoms with Crippen LogP contribution >= 0.6 is 0 Å². The minimum absolute atomic E-state index is 0.803. The van der Waals surface area contributed by atoms with Crippen LogP contribution < -0.4 is 14.5 Å². The first kappa shape index (κ1) is 38.4. The second kappa shape index (κ2) is 18.7.